The molecule has 0 amide bonds. The van der Waals surface area contributed by atoms with Gasteiger partial charge in [0.1, 0.15) is 0 Å². The van der Waals surface area contributed by atoms with Crippen LogP contribution in [-0.2, 0) is 16.6 Å². The molecule has 0 aromatic heterocycles. The van der Waals surface area contributed by atoms with Crippen molar-refractivity contribution in [2.45, 2.75) is 33.2 Å². The summed E-state index contributed by atoms with van der Waals surface area (Å²) >= 11 is 0. The molecule has 168 valence electrons. The molecule has 0 saturated carbocycles. The summed E-state index contributed by atoms with van der Waals surface area (Å²) in [6.07, 6.45) is 1.60. The number of nitrogens with zero attached hydrogens (tertiary/aromatic N) is 2. The number of allylic oxidation sites excluding steroid dienone is 5. The second kappa shape index (κ2) is 9.50. The number of dihydropyridines is 1. The van der Waals surface area contributed by atoms with Crippen LogP contribution in [0.15, 0.2) is 88.6 Å². The molecule has 1 unspecified atom stereocenters. The zero-order valence-electron chi connectivity index (χ0n) is 18.6. The van der Waals surface area contributed by atoms with Gasteiger partial charge in [-0.2, -0.15) is 4.31 Å². The minimum absolute atomic E-state index is 0.00249. The van der Waals surface area contributed by atoms with Crippen LogP contribution in [0.3, 0.4) is 0 Å². The molecule has 1 heterocycles. The van der Waals surface area contributed by atoms with Crippen LogP contribution < -0.4 is 5.32 Å². The predicted molar refractivity (Wildman–Crippen MR) is 126 cm³/mol. The fourth-order valence-corrected chi connectivity index (χ4v) is 4.64. The summed E-state index contributed by atoms with van der Waals surface area (Å²) in [6.45, 7) is 6.02. The number of rotatable bonds is 7. The van der Waals surface area contributed by atoms with Crippen molar-refractivity contribution in [3.05, 3.63) is 110 Å². The summed E-state index contributed by atoms with van der Waals surface area (Å²) in [5.41, 5.74) is 5.12. The molecule has 0 fully saturated rings. The smallest absolute Gasteiger partial charge is 0.269 e. The molecule has 2 aromatic rings. The van der Waals surface area contributed by atoms with E-state index in [0.29, 0.717) is 0 Å². The van der Waals surface area contributed by atoms with Crippen LogP contribution in [0.4, 0.5) is 5.69 Å². The van der Waals surface area contributed by atoms with E-state index in [9.17, 15) is 18.5 Å². The maximum Gasteiger partial charge on any atom is 0.269 e. The van der Waals surface area contributed by atoms with Gasteiger partial charge in [0.05, 0.1) is 4.92 Å². The van der Waals surface area contributed by atoms with Crippen LogP contribution in [0.1, 0.15) is 37.8 Å². The van der Waals surface area contributed by atoms with Crippen LogP contribution >= 0.6 is 0 Å². The highest BCUT2D eigenvalue weighted by Crippen LogP contribution is 2.39. The first kappa shape index (κ1) is 23.4. The van der Waals surface area contributed by atoms with Crippen LogP contribution in [0, 0.1) is 10.1 Å². The summed E-state index contributed by atoms with van der Waals surface area (Å²) in [6, 6.07) is 15.9. The predicted octanol–water partition coefficient (Wildman–Crippen LogP) is 4.83. The van der Waals surface area contributed by atoms with Gasteiger partial charge in [0, 0.05) is 48.4 Å². The molecule has 1 N–H and O–H groups in total. The highest BCUT2D eigenvalue weighted by molar-refractivity contribution is 7.92. The van der Waals surface area contributed by atoms with Gasteiger partial charge >= 0.3 is 0 Å². The molecule has 1 atom stereocenters. The van der Waals surface area contributed by atoms with Gasteiger partial charge in [-0.1, -0.05) is 42.5 Å². The largest absolute Gasteiger partial charge is 0.362 e. The summed E-state index contributed by atoms with van der Waals surface area (Å²) in [5.74, 6) is -0.290. The van der Waals surface area contributed by atoms with Crippen molar-refractivity contribution in [1.82, 2.24) is 9.62 Å². The van der Waals surface area contributed by atoms with Gasteiger partial charge in [-0.3, -0.25) is 10.1 Å². The molecule has 7 nitrogen and oxygen atoms in total. The second-order valence-electron chi connectivity index (χ2n) is 7.89. The lowest BCUT2D eigenvalue weighted by atomic mass is 9.81. The Hall–Kier alpha value is -3.23. The van der Waals surface area contributed by atoms with E-state index in [4.69, 9.17) is 0 Å². The van der Waals surface area contributed by atoms with Gasteiger partial charge in [0.15, 0.2) is 0 Å². The summed E-state index contributed by atoms with van der Waals surface area (Å²) in [7, 11) is -2.13. The number of benzene rings is 2. The number of nitro benzene ring substituents is 1. The average molecular weight is 454 g/mol. The maximum atomic E-state index is 12.9. The SMILES string of the molecule is CC1=C(C)C(c2cccc([N+](=O)[O-])c2)C(/C=C/S(=O)(=O)N(C)Cc2ccccc2)=C(C)N1. The first-order valence-electron chi connectivity index (χ1n) is 10.2. The fourth-order valence-electron chi connectivity index (χ4n) is 3.78. The van der Waals surface area contributed by atoms with Crippen molar-refractivity contribution in [3.63, 3.8) is 0 Å². The Morgan fingerprint density at radius 3 is 2.41 bits per heavy atom. The molecular weight excluding hydrogens is 426 g/mol. The van der Waals surface area contributed by atoms with Crippen LogP contribution in [0.2, 0.25) is 0 Å². The fraction of sp³-hybridized carbons (Fsp3) is 0.250. The van der Waals surface area contributed by atoms with Gasteiger partial charge < -0.3 is 5.32 Å². The van der Waals surface area contributed by atoms with Crippen molar-refractivity contribution in [2.24, 2.45) is 0 Å². The zero-order valence-corrected chi connectivity index (χ0v) is 19.4. The molecule has 0 saturated heterocycles. The van der Waals surface area contributed by atoms with E-state index in [-0.39, 0.29) is 18.2 Å². The van der Waals surface area contributed by atoms with E-state index < -0.39 is 14.9 Å². The lowest BCUT2D eigenvalue weighted by Gasteiger charge is -2.30. The number of hydrogen-bond donors (Lipinski definition) is 1. The van der Waals surface area contributed by atoms with Gasteiger partial charge in [0.25, 0.3) is 5.69 Å². The third kappa shape index (κ3) is 5.15. The minimum atomic E-state index is -3.67. The summed E-state index contributed by atoms with van der Waals surface area (Å²) in [4.78, 5) is 10.9. The Bertz CT molecular complexity index is 1210. The van der Waals surface area contributed by atoms with Crippen molar-refractivity contribution in [1.29, 1.82) is 0 Å². The Kier molecular flexibility index (Phi) is 6.96. The molecule has 3 rings (SSSR count). The number of hydrogen-bond acceptors (Lipinski definition) is 5. The Labute approximate surface area is 189 Å². The molecule has 0 aliphatic carbocycles. The number of sulfonamides is 1. The van der Waals surface area contributed by atoms with Crippen molar-refractivity contribution in [2.75, 3.05) is 7.05 Å². The van der Waals surface area contributed by atoms with Crippen LogP contribution in [0.25, 0.3) is 0 Å². The van der Waals surface area contributed by atoms with Crippen LogP contribution in [-0.4, -0.2) is 24.7 Å². The molecule has 8 heteroatoms. The van der Waals surface area contributed by atoms with Gasteiger partial charge in [-0.25, -0.2) is 8.42 Å². The summed E-state index contributed by atoms with van der Waals surface area (Å²) < 4.78 is 27.1. The van der Waals surface area contributed by atoms with E-state index in [1.807, 2.05) is 57.2 Å². The number of non-ortho nitro benzene ring substituents is 1. The third-order valence-corrected chi connectivity index (χ3v) is 7.14. The average Bonchev–Trinajstić information content (AvgIpc) is 2.76. The van der Waals surface area contributed by atoms with E-state index in [0.717, 1.165) is 33.7 Å². The van der Waals surface area contributed by atoms with Crippen molar-refractivity contribution >= 4 is 15.7 Å². The summed E-state index contributed by atoms with van der Waals surface area (Å²) in [5, 5.41) is 15.8. The Morgan fingerprint density at radius 1 is 1.06 bits per heavy atom. The Morgan fingerprint density at radius 2 is 1.75 bits per heavy atom. The molecule has 0 bridgehead atoms. The quantitative estimate of drug-likeness (QED) is 0.479. The Balaban J connectivity index is 1.95. The molecule has 0 radical (unpaired) electrons. The molecule has 1 aliphatic rings. The first-order valence-corrected chi connectivity index (χ1v) is 11.7. The highest BCUT2D eigenvalue weighted by Gasteiger charge is 2.27. The van der Waals surface area contributed by atoms with Crippen molar-refractivity contribution < 1.29 is 13.3 Å². The third-order valence-electron chi connectivity index (χ3n) is 5.66. The molecule has 2 aromatic carbocycles. The monoisotopic (exact) mass is 453 g/mol. The topological polar surface area (TPSA) is 92.5 Å². The normalized spacial score (nSPS) is 17.2. The van der Waals surface area contributed by atoms with Crippen molar-refractivity contribution in [3.8, 4) is 0 Å². The van der Waals surface area contributed by atoms with Crippen LogP contribution in [0.5, 0.6) is 0 Å². The minimum Gasteiger partial charge on any atom is -0.362 e. The van der Waals surface area contributed by atoms with E-state index >= 15 is 0 Å². The second-order valence-corrected chi connectivity index (χ2v) is 9.81. The van der Waals surface area contributed by atoms with E-state index in [1.165, 1.54) is 15.8 Å². The number of nitrogens with one attached hydrogen (secondary N) is 1. The maximum absolute atomic E-state index is 12.9. The standard InChI is InChI=1S/C24H27N3O4S/c1-17-18(2)25-19(3)23(24(17)21-11-8-12-22(15-21)27(28)29)13-14-32(30,31)26(4)16-20-9-6-5-7-10-20/h5-15,24-25H,16H2,1-4H3/b14-13+. The number of nitro groups is 1. The highest BCUT2D eigenvalue weighted by atomic mass is 32.2. The lowest BCUT2D eigenvalue weighted by Crippen LogP contribution is -2.25. The van der Waals surface area contributed by atoms with E-state index in [2.05, 4.69) is 5.32 Å². The zero-order chi connectivity index (χ0) is 23.5. The van der Waals surface area contributed by atoms with Gasteiger partial charge in [-0.05, 0) is 49.1 Å². The van der Waals surface area contributed by atoms with Gasteiger partial charge in [-0.15, -0.1) is 0 Å². The molecular formula is C24H27N3O4S. The van der Waals surface area contributed by atoms with Gasteiger partial charge in [0.2, 0.25) is 10.0 Å². The van der Waals surface area contributed by atoms with E-state index in [1.54, 1.807) is 25.3 Å². The molecule has 0 spiro atoms. The first-order chi connectivity index (χ1) is 15.1. The lowest BCUT2D eigenvalue weighted by molar-refractivity contribution is -0.384. The molecule has 32 heavy (non-hydrogen) atoms. The molecule has 1 aliphatic heterocycles.